The average molecular weight is 253 g/mol. The van der Waals surface area contributed by atoms with Crippen LogP contribution in [0.3, 0.4) is 0 Å². The molecule has 0 aliphatic rings. The maximum atomic E-state index is 11.3. The lowest BCUT2D eigenvalue weighted by Gasteiger charge is -2.18. The van der Waals surface area contributed by atoms with Crippen LogP contribution in [0.15, 0.2) is 24.3 Å². The van der Waals surface area contributed by atoms with E-state index in [4.69, 9.17) is 9.47 Å². The van der Waals surface area contributed by atoms with Crippen LogP contribution in [0.5, 0.6) is 0 Å². The molecule has 0 saturated carbocycles. The largest absolute Gasteiger partial charge is 0.509 e. The third-order valence-corrected chi connectivity index (χ3v) is 1.89. The predicted octanol–water partition coefficient (Wildman–Crippen LogP) is 3.05. The molecule has 18 heavy (non-hydrogen) atoms. The van der Waals surface area contributed by atoms with Crippen molar-refractivity contribution in [3.8, 4) is 0 Å². The number of non-ortho nitro benzene ring substituents is 1. The topological polar surface area (TPSA) is 78.7 Å². The Labute approximate surface area is 105 Å². The van der Waals surface area contributed by atoms with Gasteiger partial charge in [-0.3, -0.25) is 10.1 Å². The minimum absolute atomic E-state index is 0.00369. The number of carbonyl (C=O) groups is 1. The van der Waals surface area contributed by atoms with E-state index in [1.807, 2.05) is 0 Å². The van der Waals surface area contributed by atoms with E-state index in [9.17, 15) is 14.9 Å². The van der Waals surface area contributed by atoms with Gasteiger partial charge in [0.05, 0.1) is 4.92 Å². The fourth-order valence-electron chi connectivity index (χ4n) is 1.14. The quantitative estimate of drug-likeness (QED) is 0.470. The molecule has 0 radical (unpaired) electrons. The van der Waals surface area contributed by atoms with Crippen LogP contribution in [-0.2, 0) is 16.1 Å². The molecule has 0 aliphatic carbocycles. The Morgan fingerprint density at radius 1 is 1.28 bits per heavy atom. The summed E-state index contributed by atoms with van der Waals surface area (Å²) in [4.78, 5) is 21.2. The van der Waals surface area contributed by atoms with Crippen LogP contribution < -0.4 is 0 Å². The molecule has 0 amide bonds. The van der Waals surface area contributed by atoms with Crippen molar-refractivity contribution >= 4 is 11.8 Å². The number of hydrogen-bond donors (Lipinski definition) is 0. The number of benzene rings is 1. The maximum absolute atomic E-state index is 11.3. The molecule has 1 aromatic rings. The van der Waals surface area contributed by atoms with Crippen molar-refractivity contribution < 1.29 is 19.2 Å². The summed E-state index contributed by atoms with van der Waals surface area (Å²) in [6, 6.07) is 5.77. The summed E-state index contributed by atoms with van der Waals surface area (Å²) in [6.07, 6.45) is -0.763. The van der Waals surface area contributed by atoms with E-state index >= 15 is 0 Å². The molecule has 1 rings (SSSR count). The highest BCUT2D eigenvalue weighted by atomic mass is 16.7. The van der Waals surface area contributed by atoms with Crippen LogP contribution in [0.2, 0.25) is 0 Å². The van der Waals surface area contributed by atoms with Crippen molar-refractivity contribution in [2.24, 2.45) is 0 Å². The summed E-state index contributed by atoms with van der Waals surface area (Å²) in [6.45, 7) is 5.23. The van der Waals surface area contributed by atoms with Gasteiger partial charge in [-0.2, -0.15) is 0 Å². The van der Waals surface area contributed by atoms with Crippen LogP contribution in [0.4, 0.5) is 10.5 Å². The fraction of sp³-hybridized carbons (Fsp3) is 0.417. The van der Waals surface area contributed by atoms with E-state index in [1.54, 1.807) is 20.8 Å². The van der Waals surface area contributed by atoms with E-state index in [0.29, 0.717) is 5.56 Å². The van der Waals surface area contributed by atoms with Gasteiger partial charge in [0.1, 0.15) is 12.2 Å². The SMILES string of the molecule is CC(C)(C)OC(=O)OCc1ccc([N+](=O)[O-])cc1. The van der Waals surface area contributed by atoms with Crippen LogP contribution in [0.1, 0.15) is 26.3 Å². The molecule has 0 aromatic heterocycles. The number of carbonyl (C=O) groups excluding carboxylic acids is 1. The summed E-state index contributed by atoms with van der Waals surface area (Å²) in [5.74, 6) is 0. The standard InChI is InChI=1S/C12H15NO5/c1-12(2,3)18-11(14)17-8-9-4-6-10(7-5-9)13(15)16/h4-7H,8H2,1-3H3. The van der Waals surface area contributed by atoms with Gasteiger partial charge < -0.3 is 9.47 Å². The normalized spacial score (nSPS) is 10.8. The molecule has 0 atom stereocenters. The van der Waals surface area contributed by atoms with Crippen molar-refractivity contribution in [2.45, 2.75) is 33.0 Å². The summed E-state index contributed by atoms with van der Waals surface area (Å²) >= 11 is 0. The zero-order valence-electron chi connectivity index (χ0n) is 10.5. The van der Waals surface area contributed by atoms with Crippen molar-refractivity contribution in [3.63, 3.8) is 0 Å². The van der Waals surface area contributed by atoms with Gasteiger partial charge in [0, 0.05) is 12.1 Å². The van der Waals surface area contributed by atoms with Gasteiger partial charge in [0.15, 0.2) is 0 Å². The van der Waals surface area contributed by atoms with Crippen molar-refractivity contribution in [2.75, 3.05) is 0 Å². The lowest BCUT2D eigenvalue weighted by atomic mass is 10.2. The van der Waals surface area contributed by atoms with Gasteiger partial charge in [0.25, 0.3) is 5.69 Å². The lowest BCUT2D eigenvalue weighted by molar-refractivity contribution is -0.384. The molecular weight excluding hydrogens is 238 g/mol. The van der Waals surface area contributed by atoms with E-state index in [1.165, 1.54) is 24.3 Å². The molecular formula is C12H15NO5. The Hall–Kier alpha value is -2.11. The molecule has 0 heterocycles. The zero-order chi connectivity index (χ0) is 13.8. The smallest absolute Gasteiger partial charge is 0.429 e. The molecule has 98 valence electrons. The van der Waals surface area contributed by atoms with Gasteiger partial charge in [0.2, 0.25) is 0 Å². The number of hydrogen-bond acceptors (Lipinski definition) is 5. The number of rotatable bonds is 3. The van der Waals surface area contributed by atoms with Crippen molar-refractivity contribution in [1.82, 2.24) is 0 Å². The van der Waals surface area contributed by atoms with Crippen LogP contribution in [-0.4, -0.2) is 16.7 Å². The summed E-state index contributed by atoms with van der Waals surface area (Å²) in [5.41, 5.74) is 0.0505. The summed E-state index contributed by atoms with van der Waals surface area (Å²) in [7, 11) is 0. The third kappa shape index (κ3) is 4.82. The Morgan fingerprint density at radius 2 is 1.83 bits per heavy atom. The fourth-order valence-corrected chi connectivity index (χ4v) is 1.14. The minimum Gasteiger partial charge on any atom is -0.429 e. The third-order valence-electron chi connectivity index (χ3n) is 1.89. The molecule has 6 nitrogen and oxygen atoms in total. The van der Waals surface area contributed by atoms with E-state index in [0.717, 1.165) is 0 Å². The predicted molar refractivity (Wildman–Crippen MR) is 64.1 cm³/mol. The van der Waals surface area contributed by atoms with Crippen LogP contribution >= 0.6 is 0 Å². The Morgan fingerprint density at radius 3 is 2.28 bits per heavy atom. The van der Waals surface area contributed by atoms with Crippen LogP contribution in [0, 0.1) is 10.1 Å². The Bertz CT molecular complexity index is 433. The van der Waals surface area contributed by atoms with Gasteiger partial charge in [-0.25, -0.2) is 4.79 Å². The second-order valence-electron chi connectivity index (χ2n) is 4.68. The van der Waals surface area contributed by atoms with E-state index in [2.05, 4.69) is 0 Å². The van der Waals surface area contributed by atoms with E-state index < -0.39 is 16.7 Å². The number of nitro groups is 1. The van der Waals surface area contributed by atoms with Gasteiger partial charge in [-0.05, 0) is 38.5 Å². The first-order valence-corrected chi connectivity index (χ1v) is 5.37. The first-order chi connectivity index (χ1) is 8.28. The Kier molecular flexibility index (Phi) is 4.25. The van der Waals surface area contributed by atoms with Crippen molar-refractivity contribution in [3.05, 3.63) is 39.9 Å². The monoisotopic (exact) mass is 253 g/mol. The first kappa shape index (κ1) is 14.0. The minimum atomic E-state index is -0.763. The number of nitrogens with zero attached hydrogens (tertiary/aromatic N) is 1. The molecule has 1 aromatic carbocycles. The molecule has 0 saturated heterocycles. The summed E-state index contributed by atoms with van der Waals surface area (Å²) in [5, 5.41) is 10.4. The average Bonchev–Trinajstić information content (AvgIpc) is 2.24. The first-order valence-electron chi connectivity index (χ1n) is 5.37. The highest BCUT2D eigenvalue weighted by Gasteiger charge is 2.17. The molecule has 0 aliphatic heterocycles. The highest BCUT2D eigenvalue weighted by Crippen LogP contribution is 2.13. The lowest BCUT2D eigenvalue weighted by Crippen LogP contribution is -2.24. The number of ether oxygens (including phenoxy) is 2. The van der Waals surface area contributed by atoms with Gasteiger partial charge >= 0.3 is 6.16 Å². The molecule has 0 fully saturated rings. The van der Waals surface area contributed by atoms with E-state index in [-0.39, 0.29) is 12.3 Å². The van der Waals surface area contributed by atoms with Crippen LogP contribution in [0.25, 0.3) is 0 Å². The molecule has 0 bridgehead atoms. The molecule has 0 spiro atoms. The number of nitro benzene ring substituents is 1. The van der Waals surface area contributed by atoms with Gasteiger partial charge in [-0.1, -0.05) is 0 Å². The highest BCUT2D eigenvalue weighted by molar-refractivity contribution is 5.60. The molecule has 0 N–H and O–H groups in total. The second kappa shape index (κ2) is 5.48. The second-order valence-corrected chi connectivity index (χ2v) is 4.68. The maximum Gasteiger partial charge on any atom is 0.509 e. The zero-order valence-corrected chi connectivity index (χ0v) is 10.5. The Balaban J connectivity index is 2.49. The molecule has 0 unspecified atom stereocenters. The molecule has 6 heteroatoms. The van der Waals surface area contributed by atoms with Crippen molar-refractivity contribution in [1.29, 1.82) is 0 Å². The summed E-state index contributed by atoms with van der Waals surface area (Å²) < 4.78 is 9.83. The van der Waals surface area contributed by atoms with Gasteiger partial charge in [-0.15, -0.1) is 0 Å².